The summed E-state index contributed by atoms with van der Waals surface area (Å²) >= 11 is 0. The lowest BCUT2D eigenvalue weighted by molar-refractivity contribution is -0.154. The summed E-state index contributed by atoms with van der Waals surface area (Å²) in [5, 5.41) is 9.24. The summed E-state index contributed by atoms with van der Waals surface area (Å²) < 4.78 is 5.32. The number of carbonyl (C=O) groups is 1. The molecule has 1 aliphatic carbocycles. The second-order valence-electron chi connectivity index (χ2n) is 6.13. The lowest BCUT2D eigenvalue weighted by Gasteiger charge is -2.21. The van der Waals surface area contributed by atoms with E-state index >= 15 is 0 Å². The van der Waals surface area contributed by atoms with Crippen LogP contribution < -0.4 is 0 Å². The summed E-state index contributed by atoms with van der Waals surface area (Å²) in [6.45, 7) is 8.43. The van der Waals surface area contributed by atoms with Crippen molar-refractivity contribution in [2.24, 2.45) is 23.2 Å². The second kappa shape index (κ2) is 5.17. The first-order valence-corrected chi connectivity index (χ1v) is 6.12. The molecule has 0 bridgehead atoms. The fourth-order valence-corrected chi connectivity index (χ4v) is 2.34. The molecule has 3 nitrogen and oxygen atoms in total. The van der Waals surface area contributed by atoms with Crippen LogP contribution in [0.25, 0.3) is 0 Å². The quantitative estimate of drug-likeness (QED) is 0.753. The molecule has 0 aliphatic heterocycles. The van der Waals surface area contributed by atoms with E-state index in [0.29, 0.717) is 24.4 Å². The number of hydrogen-bond donors (Lipinski definition) is 1. The van der Waals surface area contributed by atoms with Gasteiger partial charge in [0.05, 0.1) is 12.0 Å². The van der Waals surface area contributed by atoms with Gasteiger partial charge in [-0.2, -0.15) is 0 Å². The molecule has 1 aliphatic rings. The van der Waals surface area contributed by atoms with Crippen LogP contribution in [0.15, 0.2) is 0 Å². The van der Waals surface area contributed by atoms with Crippen molar-refractivity contribution >= 4 is 5.97 Å². The number of aliphatic hydroxyl groups excluding tert-OH is 1. The summed E-state index contributed by atoms with van der Waals surface area (Å²) in [5.74, 6) is 1.13. The summed E-state index contributed by atoms with van der Waals surface area (Å²) in [4.78, 5) is 11.6. The standard InChI is InChI=1S/C13H24O3/c1-9-5-10(7-14)11(6-9)8-16-12(15)13(2,3)4/h9-11,14H,5-8H2,1-4H3/t9-,10-,11-/m1/s1. The van der Waals surface area contributed by atoms with E-state index in [1.807, 2.05) is 20.8 Å². The lowest BCUT2D eigenvalue weighted by Crippen LogP contribution is -2.27. The maximum absolute atomic E-state index is 11.6. The average molecular weight is 228 g/mol. The third-order valence-electron chi connectivity index (χ3n) is 3.35. The van der Waals surface area contributed by atoms with Crippen molar-refractivity contribution in [1.82, 2.24) is 0 Å². The fraction of sp³-hybridized carbons (Fsp3) is 0.923. The highest BCUT2D eigenvalue weighted by atomic mass is 16.5. The molecule has 0 saturated heterocycles. The number of ether oxygens (including phenoxy) is 1. The van der Waals surface area contributed by atoms with Gasteiger partial charge in [-0.25, -0.2) is 0 Å². The Morgan fingerprint density at radius 2 is 1.88 bits per heavy atom. The van der Waals surface area contributed by atoms with E-state index in [2.05, 4.69) is 6.92 Å². The Morgan fingerprint density at radius 1 is 1.31 bits per heavy atom. The molecule has 1 N–H and O–H groups in total. The van der Waals surface area contributed by atoms with E-state index in [-0.39, 0.29) is 12.6 Å². The van der Waals surface area contributed by atoms with Gasteiger partial charge in [-0.1, -0.05) is 6.92 Å². The largest absolute Gasteiger partial charge is 0.465 e. The Labute approximate surface area is 98.2 Å². The fourth-order valence-electron chi connectivity index (χ4n) is 2.34. The van der Waals surface area contributed by atoms with E-state index in [1.165, 1.54) is 0 Å². The molecule has 1 rings (SSSR count). The number of esters is 1. The van der Waals surface area contributed by atoms with Crippen molar-refractivity contribution in [2.45, 2.75) is 40.5 Å². The molecule has 0 aromatic carbocycles. The van der Waals surface area contributed by atoms with Gasteiger partial charge >= 0.3 is 5.97 Å². The van der Waals surface area contributed by atoms with Crippen LogP contribution >= 0.6 is 0 Å². The maximum Gasteiger partial charge on any atom is 0.311 e. The highest BCUT2D eigenvalue weighted by Crippen LogP contribution is 2.36. The zero-order chi connectivity index (χ0) is 12.3. The minimum Gasteiger partial charge on any atom is -0.465 e. The Bertz CT molecular complexity index is 242. The summed E-state index contributed by atoms with van der Waals surface area (Å²) in [7, 11) is 0. The zero-order valence-corrected chi connectivity index (χ0v) is 10.8. The number of carbonyl (C=O) groups excluding carboxylic acids is 1. The van der Waals surface area contributed by atoms with Crippen LogP contribution in [0, 0.1) is 23.2 Å². The van der Waals surface area contributed by atoms with Crippen molar-refractivity contribution in [1.29, 1.82) is 0 Å². The number of hydrogen-bond acceptors (Lipinski definition) is 3. The first-order chi connectivity index (χ1) is 7.34. The lowest BCUT2D eigenvalue weighted by atomic mass is 9.96. The van der Waals surface area contributed by atoms with Gasteiger partial charge in [0.1, 0.15) is 0 Å². The first kappa shape index (κ1) is 13.5. The minimum absolute atomic E-state index is 0.149. The van der Waals surface area contributed by atoms with Gasteiger partial charge < -0.3 is 9.84 Å². The highest BCUT2D eigenvalue weighted by molar-refractivity contribution is 5.75. The van der Waals surface area contributed by atoms with Crippen LogP contribution in [0.3, 0.4) is 0 Å². The molecule has 0 heterocycles. The third kappa shape index (κ3) is 3.48. The topological polar surface area (TPSA) is 46.5 Å². The van der Waals surface area contributed by atoms with Gasteiger partial charge in [0, 0.05) is 6.61 Å². The van der Waals surface area contributed by atoms with E-state index in [1.54, 1.807) is 0 Å². The maximum atomic E-state index is 11.6. The third-order valence-corrected chi connectivity index (χ3v) is 3.35. The van der Waals surface area contributed by atoms with Gasteiger partial charge in [-0.05, 0) is 51.4 Å². The molecule has 94 valence electrons. The van der Waals surface area contributed by atoms with Crippen molar-refractivity contribution in [2.75, 3.05) is 13.2 Å². The highest BCUT2D eigenvalue weighted by Gasteiger charge is 2.33. The van der Waals surface area contributed by atoms with E-state index in [0.717, 1.165) is 12.8 Å². The molecule has 0 amide bonds. The Balaban J connectivity index is 2.40. The van der Waals surface area contributed by atoms with Crippen LogP contribution in [0.4, 0.5) is 0 Å². The predicted molar refractivity (Wildman–Crippen MR) is 62.9 cm³/mol. The van der Waals surface area contributed by atoms with Crippen LogP contribution in [0.5, 0.6) is 0 Å². The SMILES string of the molecule is C[C@@H]1C[C@H](CO)[C@@H](COC(=O)C(C)(C)C)C1. The molecular formula is C13H24O3. The molecule has 3 heteroatoms. The average Bonchev–Trinajstić information content (AvgIpc) is 2.53. The van der Waals surface area contributed by atoms with Crippen LogP contribution in [0.2, 0.25) is 0 Å². The molecule has 0 unspecified atom stereocenters. The molecule has 0 aromatic rings. The van der Waals surface area contributed by atoms with Gasteiger partial charge in [-0.15, -0.1) is 0 Å². The minimum atomic E-state index is -0.432. The first-order valence-electron chi connectivity index (χ1n) is 6.12. The molecule has 0 radical (unpaired) electrons. The van der Waals surface area contributed by atoms with Crippen molar-refractivity contribution < 1.29 is 14.6 Å². The van der Waals surface area contributed by atoms with Crippen molar-refractivity contribution in [3.05, 3.63) is 0 Å². The van der Waals surface area contributed by atoms with Crippen molar-refractivity contribution in [3.8, 4) is 0 Å². The molecule has 1 saturated carbocycles. The summed E-state index contributed by atoms with van der Waals surface area (Å²) in [5.41, 5.74) is -0.432. The predicted octanol–water partition coefficient (Wildman–Crippen LogP) is 2.23. The number of aliphatic hydroxyl groups is 1. The Morgan fingerprint density at radius 3 is 2.38 bits per heavy atom. The van der Waals surface area contributed by atoms with Gasteiger partial charge in [-0.3, -0.25) is 4.79 Å². The van der Waals surface area contributed by atoms with Crippen molar-refractivity contribution in [3.63, 3.8) is 0 Å². The Hall–Kier alpha value is -0.570. The number of rotatable bonds is 3. The summed E-state index contributed by atoms with van der Waals surface area (Å²) in [6.07, 6.45) is 2.11. The smallest absolute Gasteiger partial charge is 0.311 e. The van der Waals surface area contributed by atoms with Crippen LogP contribution in [-0.2, 0) is 9.53 Å². The molecule has 16 heavy (non-hydrogen) atoms. The van der Waals surface area contributed by atoms with E-state index in [9.17, 15) is 9.90 Å². The van der Waals surface area contributed by atoms with E-state index < -0.39 is 5.41 Å². The second-order valence-corrected chi connectivity index (χ2v) is 6.13. The van der Waals surface area contributed by atoms with Crippen LogP contribution in [-0.4, -0.2) is 24.3 Å². The zero-order valence-electron chi connectivity index (χ0n) is 10.8. The van der Waals surface area contributed by atoms with E-state index in [4.69, 9.17) is 4.74 Å². The molecule has 0 aromatic heterocycles. The normalized spacial score (nSPS) is 30.4. The van der Waals surface area contributed by atoms with Gasteiger partial charge in [0.25, 0.3) is 0 Å². The molecule has 0 spiro atoms. The van der Waals surface area contributed by atoms with Gasteiger partial charge in [0.2, 0.25) is 0 Å². The monoisotopic (exact) mass is 228 g/mol. The summed E-state index contributed by atoms with van der Waals surface area (Å²) in [6, 6.07) is 0. The molecule has 1 fully saturated rings. The molecular weight excluding hydrogens is 204 g/mol. The Kier molecular flexibility index (Phi) is 4.36. The van der Waals surface area contributed by atoms with Gasteiger partial charge in [0.15, 0.2) is 0 Å². The van der Waals surface area contributed by atoms with Crippen LogP contribution in [0.1, 0.15) is 40.5 Å². The molecule has 3 atom stereocenters.